The maximum atomic E-state index is 13.6. The summed E-state index contributed by atoms with van der Waals surface area (Å²) in [5, 5.41) is 10.9. The van der Waals surface area contributed by atoms with Gasteiger partial charge < -0.3 is 10.6 Å². The fraction of sp³-hybridized carbons (Fsp3) is 0.318. The zero-order valence-corrected chi connectivity index (χ0v) is 16.5. The fourth-order valence-electron chi connectivity index (χ4n) is 3.40. The summed E-state index contributed by atoms with van der Waals surface area (Å²) < 4.78 is 15.3. The minimum absolute atomic E-state index is 0.0116. The van der Waals surface area contributed by atoms with Gasteiger partial charge in [-0.3, -0.25) is 0 Å². The summed E-state index contributed by atoms with van der Waals surface area (Å²) in [5.41, 5.74) is 3.14. The van der Waals surface area contributed by atoms with Gasteiger partial charge in [0, 0.05) is 18.5 Å². The summed E-state index contributed by atoms with van der Waals surface area (Å²) in [6.07, 6.45) is 5.31. The van der Waals surface area contributed by atoms with Gasteiger partial charge in [0.1, 0.15) is 18.5 Å². The van der Waals surface area contributed by atoms with E-state index >= 15 is 0 Å². The predicted octanol–water partition coefficient (Wildman–Crippen LogP) is 3.19. The van der Waals surface area contributed by atoms with Gasteiger partial charge in [0.2, 0.25) is 0 Å². The number of nitrogens with one attached hydrogen (secondary N) is 2. The molecule has 2 aromatic carbocycles. The highest BCUT2D eigenvalue weighted by Gasteiger charge is 2.44. The Morgan fingerprint density at radius 2 is 2.00 bits per heavy atom. The SMILES string of the molecule is CCNC(=NCc1ccc(-n2cncn2)cc1)NCC1(c2cccc(F)c2)CC1. The highest BCUT2D eigenvalue weighted by Crippen LogP contribution is 2.47. The molecule has 6 nitrogen and oxygen atoms in total. The van der Waals surface area contributed by atoms with Gasteiger partial charge in [0.15, 0.2) is 5.96 Å². The van der Waals surface area contributed by atoms with Gasteiger partial charge in [-0.25, -0.2) is 19.0 Å². The molecule has 1 aliphatic rings. The van der Waals surface area contributed by atoms with Crippen LogP contribution in [0.3, 0.4) is 0 Å². The summed E-state index contributed by atoms with van der Waals surface area (Å²) in [7, 11) is 0. The molecule has 29 heavy (non-hydrogen) atoms. The van der Waals surface area contributed by atoms with E-state index in [0.29, 0.717) is 6.54 Å². The van der Waals surface area contributed by atoms with E-state index in [1.165, 1.54) is 12.4 Å². The molecule has 1 aliphatic carbocycles. The second-order valence-electron chi connectivity index (χ2n) is 7.35. The maximum Gasteiger partial charge on any atom is 0.191 e. The molecule has 7 heteroatoms. The van der Waals surface area contributed by atoms with Gasteiger partial charge >= 0.3 is 0 Å². The number of aromatic nitrogens is 3. The Labute approximate surface area is 169 Å². The van der Waals surface area contributed by atoms with Gasteiger partial charge in [-0.1, -0.05) is 24.3 Å². The molecule has 4 rings (SSSR count). The van der Waals surface area contributed by atoms with Crippen LogP contribution < -0.4 is 10.6 Å². The van der Waals surface area contributed by atoms with E-state index in [9.17, 15) is 4.39 Å². The van der Waals surface area contributed by atoms with Crippen molar-refractivity contribution in [3.05, 3.63) is 78.1 Å². The Hall–Kier alpha value is -3.22. The van der Waals surface area contributed by atoms with E-state index in [4.69, 9.17) is 4.99 Å². The molecule has 0 saturated heterocycles. The number of benzene rings is 2. The van der Waals surface area contributed by atoms with Crippen LogP contribution in [0.25, 0.3) is 5.69 Å². The van der Waals surface area contributed by atoms with Crippen molar-refractivity contribution in [2.75, 3.05) is 13.1 Å². The third-order valence-electron chi connectivity index (χ3n) is 5.27. The number of guanidine groups is 1. The smallest absolute Gasteiger partial charge is 0.191 e. The monoisotopic (exact) mass is 392 g/mol. The Balaban J connectivity index is 1.39. The highest BCUT2D eigenvalue weighted by atomic mass is 19.1. The molecule has 0 spiro atoms. The third-order valence-corrected chi connectivity index (χ3v) is 5.27. The number of halogens is 1. The van der Waals surface area contributed by atoms with E-state index < -0.39 is 0 Å². The standard InChI is InChI=1S/C22H25FN6/c1-2-25-21(27-14-22(10-11-22)18-4-3-5-19(23)12-18)26-13-17-6-8-20(9-7-17)29-16-24-15-28-29/h3-9,12,15-16H,2,10-11,13-14H2,1H3,(H2,25,26,27). The minimum Gasteiger partial charge on any atom is -0.357 e. The molecule has 0 aliphatic heterocycles. The summed E-state index contributed by atoms with van der Waals surface area (Å²) in [5.74, 6) is 0.596. The zero-order valence-electron chi connectivity index (χ0n) is 16.5. The van der Waals surface area contributed by atoms with E-state index in [-0.39, 0.29) is 11.2 Å². The van der Waals surface area contributed by atoms with Crippen molar-refractivity contribution in [1.29, 1.82) is 0 Å². The quantitative estimate of drug-likeness (QED) is 0.479. The molecule has 2 N–H and O–H groups in total. The van der Waals surface area contributed by atoms with Crippen LogP contribution in [0.4, 0.5) is 4.39 Å². The van der Waals surface area contributed by atoms with Crippen molar-refractivity contribution in [1.82, 2.24) is 25.4 Å². The zero-order chi connectivity index (χ0) is 20.1. The normalized spacial score (nSPS) is 15.2. The first-order chi connectivity index (χ1) is 14.2. The Kier molecular flexibility index (Phi) is 5.55. The fourth-order valence-corrected chi connectivity index (χ4v) is 3.40. The molecule has 1 aromatic heterocycles. The third kappa shape index (κ3) is 4.62. The number of aliphatic imine (C=N–C) groups is 1. The van der Waals surface area contributed by atoms with Crippen molar-refractivity contribution in [3.63, 3.8) is 0 Å². The summed E-state index contributed by atoms with van der Waals surface area (Å²) in [4.78, 5) is 8.67. The molecular weight excluding hydrogens is 367 g/mol. The molecule has 0 atom stereocenters. The van der Waals surface area contributed by atoms with E-state index in [1.54, 1.807) is 23.1 Å². The first-order valence-corrected chi connectivity index (χ1v) is 9.91. The van der Waals surface area contributed by atoms with Crippen molar-refractivity contribution in [2.45, 2.75) is 31.7 Å². The number of hydrogen-bond donors (Lipinski definition) is 2. The summed E-state index contributed by atoms with van der Waals surface area (Å²) in [6, 6.07) is 15.0. The van der Waals surface area contributed by atoms with Crippen LogP contribution >= 0.6 is 0 Å². The maximum absolute atomic E-state index is 13.6. The molecule has 1 heterocycles. The van der Waals surface area contributed by atoms with Crippen LogP contribution in [-0.4, -0.2) is 33.8 Å². The van der Waals surface area contributed by atoms with E-state index in [2.05, 4.69) is 20.7 Å². The van der Waals surface area contributed by atoms with Gasteiger partial charge in [-0.2, -0.15) is 5.10 Å². The van der Waals surface area contributed by atoms with Gasteiger partial charge in [-0.15, -0.1) is 0 Å². The molecule has 1 saturated carbocycles. The summed E-state index contributed by atoms with van der Waals surface area (Å²) >= 11 is 0. The van der Waals surface area contributed by atoms with Gasteiger partial charge in [0.25, 0.3) is 0 Å². The second-order valence-corrected chi connectivity index (χ2v) is 7.35. The molecule has 0 radical (unpaired) electrons. The highest BCUT2D eigenvalue weighted by molar-refractivity contribution is 5.80. The molecule has 0 bridgehead atoms. The number of nitrogens with zero attached hydrogens (tertiary/aromatic N) is 4. The molecular formula is C22H25FN6. The average molecular weight is 392 g/mol. The van der Waals surface area contributed by atoms with E-state index in [0.717, 1.165) is 48.7 Å². The second kappa shape index (κ2) is 8.43. The van der Waals surface area contributed by atoms with Crippen LogP contribution in [0.5, 0.6) is 0 Å². The van der Waals surface area contributed by atoms with Crippen molar-refractivity contribution >= 4 is 5.96 Å². The van der Waals surface area contributed by atoms with Crippen LogP contribution in [0.1, 0.15) is 30.9 Å². The predicted molar refractivity (Wildman–Crippen MR) is 111 cm³/mol. The van der Waals surface area contributed by atoms with E-state index in [1.807, 2.05) is 37.3 Å². The molecule has 3 aromatic rings. The lowest BCUT2D eigenvalue weighted by Gasteiger charge is -2.19. The first-order valence-electron chi connectivity index (χ1n) is 9.91. The summed E-state index contributed by atoms with van der Waals surface area (Å²) in [6.45, 7) is 4.14. The molecule has 0 amide bonds. The number of hydrogen-bond acceptors (Lipinski definition) is 3. The number of rotatable bonds is 7. The lowest BCUT2D eigenvalue weighted by atomic mass is 9.96. The minimum atomic E-state index is -0.177. The van der Waals surface area contributed by atoms with Gasteiger partial charge in [0.05, 0.1) is 12.2 Å². The van der Waals surface area contributed by atoms with Crippen LogP contribution in [0.15, 0.2) is 66.2 Å². The lowest BCUT2D eigenvalue weighted by molar-refractivity contribution is 0.607. The van der Waals surface area contributed by atoms with Crippen molar-refractivity contribution in [2.24, 2.45) is 4.99 Å². The largest absolute Gasteiger partial charge is 0.357 e. The lowest BCUT2D eigenvalue weighted by Crippen LogP contribution is -2.41. The Morgan fingerprint density at radius 3 is 2.66 bits per heavy atom. The Bertz CT molecular complexity index is 961. The van der Waals surface area contributed by atoms with Crippen LogP contribution in [0, 0.1) is 5.82 Å². The average Bonchev–Trinajstić information content (AvgIpc) is 3.34. The van der Waals surface area contributed by atoms with Crippen LogP contribution in [0.2, 0.25) is 0 Å². The topological polar surface area (TPSA) is 67.1 Å². The molecule has 1 fully saturated rings. The first kappa shape index (κ1) is 19.1. The van der Waals surface area contributed by atoms with Crippen LogP contribution in [-0.2, 0) is 12.0 Å². The van der Waals surface area contributed by atoms with Crippen molar-refractivity contribution < 1.29 is 4.39 Å². The van der Waals surface area contributed by atoms with Gasteiger partial charge in [-0.05, 0) is 55.2 Å². The molecule has 0 unspecified atom stereocenters. The van der Waals surface area contributed by atoms with Crippen molar-refractivity contribution in [3.8, 4) is 5.69 Å². The molecule has 150 valence electrons. The Morgan fingerprint density at radius 1 is 1.17 bits per heavy atom.